The van der Waals surface area contributed by atoms with Crippen LogP contribution in [0.25, 0.3) is 0 Å². The maximum atomic E-state index is 11.0. The average Bonchev–Trinajstić information content (AvgIpc) is 2.61. The predicted octanol–water partition coefficient (Wildman–Crippen LogP) is 1.51. The third-order valence-corrected chi connectivity index (χ3v) is 2.94. The van der Waals surface area contributed by atoms with Crippen molar-refractivity contribution in [2.24, 2.45) is 11.7 Å². The summed E-state index contributed by atoms with van der Waals surface area (Å²) in [5, 5.41) is 18.2. The van der Waals surface area contributed by atoms with Gasteiger partial charge in [-0.2, -0.15) is 5.10 Å². The van der Waals surface area contributed by atoms with Crippen LogP contribution in [0, 0.1) is 23.0 Å². The summed E-state index contributed by atoms with van der Waals surface area (Å²) in [6.07, 6.45) is 0. The highest BCUT2D eigenvalue weighted by molar-refractivity contribution is 5.59. The van der Waals surface area contributed by atoms with Gasteiger partial charge >= 0.3 is 5.69 Å². The third-order valence-electron chi connectivity index (χ3n) is 2.94. The zero-order valence-electron chi connectivity index (χ0n) is 11.3. The smallest absolute Gasteiger partial charge is 0.333 e. The number of nitrogens with zero attached hydrogens (tertiary/aromatic N) is 3. The van der Waals surface area contributed by atoms with E-state index in [4.69, 9.17) is 5.73 Å². The molecule has 0 saturated heterocycles. The van der Waals surface area contributed by atoms with Gasteiger partial charge in [-0.05, 0) is 19.8 Å². The van der Waals surface area contributed by atoms with Crippen molar-refractivity contribution in [1.82, 2.24) is 9.78 Å². The van der Waals surface area contributed by atoms with Gasteiger partial charge in [-0.3, -0.25) is 10.1 Å². The van der Waals surface area contributed by atoms with Gasteiger partial charge in [-0.1, -0.05) is 13.8 Å². The van der Waals surface area contributed by atoms with Crippen molar-refractivity contribution >= 4 is 11.5 Å². The van der Waals surface area contributed by atoms with Gasteiger partial charge in [0.05, 0.1) is 4.92 Å². The highest BCUT2D eigenvalue weighted by Gasteiger charge is 2.25. The summed E-state index contributed by atoms with van der Waals surface area (Å²) in [6.45, 7) is 8.63. The molecular formula is C11H21N5O2. The van der Waals surface area contributed by atoms with Crippen molar-refractivity contribution in [3.63, 3.8) is 0 Å². The van der Waals surface area contributed by atoms with Gasteiger partial charge in [-0.15, -0.1) is 0 Å². The molecule has 0 aliphatic carbocycles. The number of aromatic nitrogens is 2. The van der Waals surface area contributed by atoms with Gasteiger partial charge in [-0.25, -0.2) is 4.68 Å². The van der Waals surface area contributed by atoms with Gasteiger partial charge < -0.3 is 11.1 Å². The third kappa shape index (κ3) is 2.98. The molecule has 1 atom stereocenters. The number of nitro groups is 1. The maximum Gasteiger partial charge on any atom is 0.333 e. The molecule has 0 saturated carbocycles. The molecule has 7 heteroatoms. The van der Waals surface area contributed by atoms with E-state index in [1.807, 2.05) is 20.8 Å². The minimum absolute atomic E-state index is 0.0350. The number of hydrogen-bond donors (Lipinski definition) is 2. The van der Waals surface area contributed by atoms with Crippen LogP contribution in [-0.4, -0.2) is 27.3 Å². The average molecular weight is 255 g/mol. The molecule has 0 fully saturated rings. The summed E-state index contributed by atoms with van der Waals surface area (Å²) in [4.78, 5) is 10.6. The van der Waals surface area contributed by atoms with E-state index in [2.05, 4.69) is 10.4 Å². The van der Waals surface area contributed by atoms with E-state index in [-0.39, 0.29) is 11.7 Å². The summed E-state index contributed by atoms with van der Waals surface area (Å²) in [6, 6.07) is -0.0508. The Bertz CT molecular complexity index is 427. The molecule has 0 bridgehead atoms. The summed E-state index contributed by atoms with van der Waals surface area (Å²) in [7, 11) is 0. The molecule has 1 unspecified atom stereocenters. The lowest BCUT2D eigenvalue weighted by Crippen LogP contribution is -2.34. The first-order chi connectivity index (χ1) is 8.38. The zero-order chi connectivity index (χ0) is 13.9. The molecule has 7 nitrogen and oxygen atoms in total. The molecule has 1 aromatic heterocycles. The molecular weight excluding hydrogens is 234 g/mol. The van der Waals surface area contributed by atoms with Gasteiger partial charge in [0, 0.05) is 19.1 Å². The van der Waals surface area contributed by atoms with Crippen LogP contribution in [0.5, 0.6) is 0 Å². The number of nitrogens with one attached hydrogen (secondary N) is 1. The molecule has 3 N–H and O–H groups in total. The molecule has 1 aromatic rings. The van der Waals surface area contributed by atoms with Crippen molar-refractivity contribution in [2.45, 2.75) is 40.3 Å². The highest BCUT2D eigenvalue weighted by atomic mass is 16.6. The van der Waals surface area contributed by atoms with Crippen LogP contribution >= 0.6 is 0 Å². The molecule has 102 valence electrons. The van der Waals surface area contributed by atoms with E-state index in [9.17, 15) is 10.1 Å². The Balaban J connectivity index is 2.95. The minimum atomic E-state index is -0.405. The Morgan fingerprint density at radius 3 is 2.61 bits per heavy atom. The van der Waals surface area contributed by atoms with Crippen LogP contribution in [0.1, 0.15) is 26.5 Å². The van der Waals surface area contributed by atoms with Crippen molar-refractivity contribution in [3.8, 4) is 0 Å². The Labute approximate surface area is 107 Å². The number of anilines is 1. The lowest BCUT2D eigenvalue weighted by atomic mass is 10.1. The Morgan fingerprint density at radius 2 is 2.17 bits per heavy atom. The standard InChI is InChI=1S/C11H21N5O2/c1-5-15-11(13-6-9(12)7(2)3)10(16(17)18)8(4)14-15/h7,9,13H,5-6,12H2,1-4H3. The van der Waals surface area contributed by atoms with Gasteiger partial charge in [0.2, 0.25) is 5.82 Å². The summed E-state index contributed by atoms with van der Waals surface area (Å²) < 4.78 is 1.60. The second-order valence-corrected chi connectivity index (χ2v) is 4.64. The molecule has 0 aromatic carbocycles. The predicted molar refractivity (Wildman–Crippen MR) is 70.6 cm³/mol. The molecule has 1 heterocycles. The quantitative estimate of drug-likeness (QED) is 0.593. The Kier molecular flexibility index (Phi) is 4.66. The van der Waals surface area contributed by atoms with Crippen LogP contribution in [0.2, 0.25) is 0 Å². The van der Waals surface area contributed by atoms with Crippen LogP contribution < -0.4 is 11.1 Å². The van der Waals surface area contributed by atoms with Crippen molar-refractivity contribution in [2.75, 3.05) is 11.9 Å². The number of hydrogen-bond acceptors (Lipinski definition) is 5. The van der Waals surface area contributed by atoms with E-state index >= 15 is 0 Å². The van der Waals surface area contributed by atoms with Crippen molar-refractivity contribution in [1.29, 1.82) is 0 Å². The number of nitrogens with two attached hydrogens (primary N) is 1. The van der Waals surface area contributed by atoms with Crippen molar-refractivity contribution in [3.05, 3.63) is 15.8 Å². The fourth-order valence-electron chi connectivity index (χ4n) is 1.64. The van der Waals surface area contributed by atoms with Crippen LogP contribution in [0.15, 0.2) is 0 Å². The molecule has 1 rings (SSSR count). The minimum Gasteiger partial charge on any atom is -0.363 e. The lowest BCUT2D eigenvalue weighted by molar-refractivity contribution is -0.384. The van der Waals surface area contributed by atoms with Gasteiger partial charge in [0.15, 0.2) is 0 Å². The van der Waals surface area contributed by atoms with E-state index in [0.29, 0.717) is 30.5 Å². The second-order valence-electron chi connectivity index (χ2n) is 4.64. The first-order valence-electron chi connectivity index (χ1n) is 6.09. The molecule has 0 aliphatic rings. The molecule has 0 spiro atoms. The Hall–Kier alpha value is -1.63. The second kappa shape index (κ2) is 5.81. The van der Waals surface area contributed by atoms with Crippen LogP contribution in [0.4, 0.5) is 11.5 Å². The maximum absolute atomic E-state index is 11.0. The van der Waals surface area contributed by atoms with E-state index < -0.39 is 4.92 Å². The summed E-state index contributed by atoms with van der Waals surface area (Å²) in [5.74, 6) is 0.756. The molecule has 0 aliphatic heterocycles. The SMILES string of the molecule is CCn1nc(C)c([N+](=O)[O-])c1NCC(N)C(C)C. The number of rotatable bonds is 6. The summed E-state index contributed by atoms with van der Waals surface area (Å²) in [5.41, 5.74) is 6.38. The van der Waals surface area contributed by atoms with E-state index in [1.54, 1.807) is 11.6 Å². The fourth-order valence-corrected chi connectivity index (χ4v) is 1.64. The van der Waals surface area contributed by atoms with E-state index in [1.165, 1.54) is 0 Å². The van der Waals surface area contributed by atoms with Crippen molar-refractivity contribution < 1.29 is 4.92 Å². The molecule has 0 radical (unpaired) electrons. The summed E-state index contributed by atoms with van der Waals surface area (Å²) >= 11 is 0. The topological polar surface area (TPSA) is 99.0 Å². The van der Waals surface area contributed by atoms with E-state index in [0.717, 1.165) is 0 Å². The lowest BCUT2D eigenvalue weighted by Gasteiger charge is -2.16. The monoisotopic (exact) mass is 255 g/mol. The normalized spacial score (nSPS) is 12.8. The fraction of sp³-hybridized carbons (Fsp3) is 0.727. The van der Waals surface area contributed by atoms with Crippen LogP contribution in [-0.2, 0) is 6.54 Å². The highest BCUT2D eigenvalue weighted by Crippen LogP contribution is 2.28. The Morgan fingerprint density at radius 1 is 1.56 bits per heavy atom. The molecule has 0 amide bonds. The van der Waals surface area contributed by atoms with Gasteiger partial charge in [0.1, 0.15) is 5.69 Å². The van der Waals surface area contributed by atoms with Gasteiger partial charge in [0.25, 0.3) is 0 Å². The first kappa shape index (κ1) is 14.4. The van der Waals surface area contributed by atoms with Crippen LogP contribution in [0.3, 0.4) is 0 Å². The number of aryl methyl sites for hydroxylation is 2. The first-order valence-corrected chi connectivity index (χ1v) is 6.09. The largest absolute Gasteiger partial charge is 0.363 e. The zero-order valence-corrected chi connectivity index (χ0v) is 11.3. The molecule has 18 heavy (non-hydrogen) atoms.